The van der Waals surface area contributed by atoms with E-state index < -0.39 is 17.8 Å². The summed E-state index contributed by atoms with van der Waals surface area (Å²) in [5.74, 6) is -0.742. The molecular formula is C17H23N5O5. The van der Waals surface area contributed by atoms with Gasteiger partial charge in [0.25, 0.3) is 0 Å². The number of likely N-dealkylation sites (tertiary alicyclic amines) is 1. The predicted octanol–water partition coefficient (Wildman–Crippen LogP) is 0.139. The van der Waals surface area contributed by atoms with Crippen LogP contribution in [0.3, 0.4) is 0 Å². The summed E-state index contributed by atoms with van der Waals surface area (Å²) in [4.78, 5) is 49.2. The summed E-state index contributed by atoms with van der Waals surface area (Å²) in [6.07, 6.45) is 4.16. The van der Waals surface area contributed by atoms with Gasteiger partial charge >= 0.3 is 17.8 Å². The number of urea groups is 1. The lowest BCUT2D eigenvalue weighted by Gasteiger charge is -2.38. The summed E-state index contributed by atoms with van der Waals surface area (Å²) in [5, 5.41) is 0. The van der Waals surface area contributed by atoms with Crippen LogP contribution in [-0.2, 0) is 9.59 Å². The Hall–Kier alpha value is -2.91. The zero-order valence-electron chi connectivity index (χ0n) is 15.5. The smallest absolute Gasteiger partial charge is 0.327 e. The molecule has 10 nitrogen and oxygen atoms in total. The van der Waals surface area contributed by atoms with E-state index in [9.17, 15) is 14.4 Å². The van der Waals surface area contributed by atoms with Gasteiger partial charge < -0.3 is 19.3 Å². The number of likely N-dealkylation sites (N-methyl/N-ethyl adjacent to an activating group) is 1. The molecule has 0 N–H and O–H groups in total. The van der Waals surface area contributed by atoms with Crippen molar-refractivity contribution in [1.82, 2.24) is 24.7 Å². The average molecular weight is 377 g/mol. The second-order valence-electron chi connectivity index (χ2n) is 6.35. The molecule has 0 aliphatic carbocycles. The number of ether oxygens (including phenoxy) is 2. The normalized spacial score (nSPS) is 20.7. The molecule has 3 rings (SSSR count). The van der Waals surface area contributed by atoms with Crippen LogP contribution in [-0.4, -0.2) is 88.5 Å². The van der Waals surface area contributed by atoms with Crippen molar-refractivity contribution in [3.05, 3.63) is 12.4 Å². The number of aromatic nitrogens is 2. The SMILES string of the molecule is CCN1CCN(C(=O)N2CCCC(Oc3cncc(OC)n3)C2)C(=O)C1=O. The van der Waals surface area contributed by atoms with Gasteiger partial charge in [0.05, 0.1) is 26.0 Å². The highest BCUT2D eigenvalue weighted by molar-refractivity contribution is 6.38. The third-order valence-electron chi connectivity index (χ3n) is 4.66. The highest BCUT2D eigenvalue weighted by atomic mass is 16.5. The maximum Gasteiger partial charge on any atom is 0.327 e. The molecule has 3 heterocycles. The number of imide groups is 1. The molecule has 0 bridgehead atoms. The second-order valence-corrected chi connectivity index (χ2v) is 6.35. The third-order valence-corrected chi connectivity index (χ3v) is 4.66. The summed E-state index contributed by atoms with van der Waals surface area (Å²) in [6, 6.07) is -0.450. The molecule has 1 aromatic rings. The highest BCUT2D eigenvalue weighted by Gasteiger charge is 2.38. The van der Waals surface area contributed by atoms with E-state index in [2.05, 4.69) is 9.97 Å². The van der Waals surface area contributed by atoms with Crippen LogP contribution in [0.1, 0.15) is 19.8 Å². The minimum atomic E-state index is -0.769. The van der Waals surface area contributed by atoms with Crippen molar-refractivity contribution < 1.29 is 23.9 Å². The number of piperidine rings is 1. The second kappa shape index (κ2) is 8.19. The molecule has 0 spiro atoms. The molecule has 2 aliphatic rings. The summed E-state index contributed by atoms with van der Waals surface area (Å²) < 4.78 is 10.8. The number of hydrogen-bond acceptors (Lipinski definition) is 7. The maximum absolute atomic E-state index is 12.8. The fourth-order valence-electron chi connectivity index (χ4n) is 3.19. The first kappa shape index (κ1) is 18.9. The van der Waals surface area contributed by atoms with Crippen LogP contribution in [0.2, 0.25) is 0 Å². The number of nitrogens with zero attached hydrogens (tertiary/aromatic N) is 5. The zero-order chi connectivity index (χ0) is 19.4. The van der Waals surface area contributed by atoms with Gasteiger partial charge in [-0.05, 0) is 19.8 Å². The van der Waals surface area contributed by atoms with E-state index in [1.807, 2.05) is 0 Å². The average Bonchev–Trinajstić information content (AvgIpc) is 2.70. The molecule has 0 saturated carbocycles. The van der Waals surface area contributed by atoms with Crippen LogP contribution in [0, 0.1) is 0 Å². The van der Waals surface area contributed by atoms with Gasteiger partial charge in [0, 0.05) is 26.2 Å². The van der Waals surface area contributed by atoms with Crippen molar-refractivity contribution in [2.75, 3.05) is 39.8 Å². The monoisotopic (exact) mass is 377 g/mol. The molecule has 2 fully saturated rings. The topological polar surface area (TPSA) is 105 Å². The fourth-order valence-corrected chi connectivity index (χ4v) is 3.19. The number of carbonyl (C=O) groups excluding carboxylic acids is 3. The van der Waals surface area contributed by atoms with Gasteiger partial charge in [-0.1, -0.05) is 0 Å². The number of carbonyl (C=O) groups is 3. The van der Waals surface area contributed by atoms with Crippen molar-refractivity contribution in [3.8, 4) is 11.8 Å². The van der Waals surface area contributed by atoms with Gasteiger partial charge in [0.1, 0.15) is 6.10 Å². The molecule has 0 aromatic carbocycles. The van der Waals surface area contributed by atoms with Crippen LogP contribution in [0.4, 0.5) is 4.79 Å². The Labute approximate surface area is 157 Å². The number of piperazine rings is 1. The summed E-state index contributed by atoms with van der Waals surface area (Å²) in [5.41, 5.74) is 0. The Balaban J connectivity index is 1.62. The van der Waals surface area contributed by atoms with Crippen molar-refractivity contribution in [3.63, 3.8) is 0 Å². The van der Waals surface area contributed by atoms with E-state index in [0.717, 1.165) is 17.7 Å². The Morgan fingerprint density at radius 3 is 2.70 bits per heavy atom. The Kier molecular flexibility index (Phi) is 5.72. The van der Waals surface area contributed by atoms with Gasteiger partial charge in [-0.2, -0.15) is 4.98 Å². The lowest BCUT2D eigenvalue weighted by atomic mass is 10.1. The number of methoxy groups -OCH3 is 1. The molecule has 1 unspecified atom stereocenters. The predicted molar refractivity (Wildman–Crippen MR) is 93.2 cm³/mol. The van der Waals surface area contributed by atoms with Gasteiger partial charge in [-0.25, -0.2) is 4.79 Å². The first-order valence-corrected chi connectivity index (χ1v) is 8.95. The van der Waals surface area contributed by atoms with Crippen LogP contribution in [0.5, 0.6) is 11.8 Å². The third kappa shape index (κ3) is 4.09. The number of rotatable bonds is 4. The molecule has 146 valence electrons. The summed E-state index contributed by atoms with van der Waals surface area (Å²) in [6.45, 7) is 3.65. The molecule has 2 saturated heterocycles. The first-order chi connectivity index (χ1) is 13.0. The Morgan fingerprint density at radius 2 is 1.96 bits per heavy atom. The molecule has 27 heavy (non-hydrogen) atoms. The van der Waals surface area contributed by atoms with E-state index in [4.69, 9.17) is 9.47 Å². The number of hydrogen-bond donors (Lipinski definition) is 0. The molecule has 1 atom stereocenters. The van der Waals surface area contributed by atoms with E-state index in [1.165, 1.54) is 24.4 Å². The lowest BCUT2D eigenvalue weighted by Crippen LogP contribution is -2.60. The van der Waals surface area contributed by atoms with Crippen molar-refractivity contribution in [2.45, 2.75) is 25.9 Å². The van der Waals surface area contributed by atoms with Gasteiger partial charge in [0.2, 0.25) is 11.8 Å². The molecule has 10 heteroatoms. The standard InChI is InChI=1S/C17H23N5O5/c1-3-20-7-8-22(16(24)15(20)23)17(25)21-6-4-5-12(11-21)27-14-10-18-9-13(19-14)26-2/h9-10,12H,3-8,11H2,1-2H3. The van der Waals surface area contributed by atoms with Crippen LogP contribution >= 0.6 is 0 Å². The lowest BCUT2D eigenvalue weighted by molar-refractivity contribution is -0.154. The largest absolute Gasteiger partial charge is 0.480 e. The van der Waals surface area contributed by atoms with Gasteiger partial charge in [0.15, 0.2) is 0 Å². The first-order valence-electron chi connectivity index (χ1n) is 8.95. The van der Waals surface area contributed by atoms with E-state index in [0.29, 0.717) is 37.9 Å². The summed E-state index contributed by atoms with van der Waals surface area (Å²) in [7, 11) is 1.49. The molecule has 0 radical (unpaired) electrons. The van der Waals surface area contributed by atoms with E-state index >= 15 is 0 Å². The molecular weight excluding hydrogens is 354 g/mol. The van der Waals surface area contributed by atoms with E-state index in [1.54, 1.807) is 11.8 Å². The zero-order valence-corrected chi connectivity index (χ0v) is 15.5. The quantitative estimate of drug-likeness (QED) is 0.687. The van der Waals surface area contributed by atoms with Gasteiger partial charge in [-0.3, -0.25) is 19.5 Å². The highest BCUT2D eigenvalue weighted by Crippen LogP contribution is 2.19. The fraction of sp³-hybridized carbons (Fsp3) is 0.588. The van der Waals surface area contributed by atoms with Gasteiger partial charge in [-0.15, -0.1) is 0 Å². The van der Waals surface area contributed by atoms with Crippen LogP contribution in [0.25, 0.3) is 0 Å². The van der Waals surface area contributed by atoms with Crippen LogP contribution < -0.4 is 9.47 Å². The minimum Gasteiger partial charge on any atom is -0.480 e. The molecule has 1 aromatic heterocycles. The Morgan fingerprint density at radius 1 is 1.19 bits per heavy atom. The molecule has 4 amide bonds. The molecule has 2 aliphatic heterocycles. The van der Waals surface area contributed by atoms with E-state index in [-0.39, 0.29) is 12.6 Å². The van der Waals surface area contributed by atoms with Crippen molar-refractivity contribution >= 4 is 17.8 Å². The summed E-state index contributed by atoms with van der Waals surface area (Å²) >= 11 is 0. The Bertz CT molecular complexity index is 727. The van der Waals surface area contributed by atoms with Crippen LogP contribution in [0.15, 0.2) is 12.4 Å². The maximum atomic E-state index is 12.8. The van der Waals surface area contributed by atoms with Crippen molar-refractivity contribution in [2.24, 2.45) is 0 Å². The number of amides is 4. The van der Waals surface area contributed by atoms with Crippen molar-refractivity contribution in [1.29, 1.82) is 0 Å². The minimum absolute atomic E-state index is 0.209.